The highest BCUT2D eigenvalue weighted by atomic mass is 16.5. The average Bonchev–Trinajstić information content (AvgIpc) is 2.77. The molecule has 0 spiro atoms. The number of amides is 1. The molecule has 0 bridgehead atoms. The molecule has 3 rings (SSSR count). The second-order valence-electron chi connectivity index (χ2n) is 8.45. The Morgan fingerprint density at radius 3 is 2.69 bits per heavy atom. The number of allylic oxidation sites excluding steroid dienone is 1. The van der Waals surface area contributed by atoms with Crippen LogP contribution in [0.3, 0.4) is 0 Å². The van der Waals surface area contributed by atoms with Gasteiger partial charge >= 0.3 is 5.97 Å². The monoisotopic (exact) mass is 398 g/mol. The third kappa shape index (κ3) is 4.49. The fraction of sp³-hybridized carbons (Fsp3) is 0.583. The van der Waals surface area contributed by atoms with Crippen LogP contribution >= 0.6 is 0 Å². The van der Waals surface area contributed by atoms with Gasteiger partial charge in [0.15, 0.2) is 0 Å². The maximum atomic E-state index is 13.3. The summed E-state index contributed by atoms with van der Waals surface area (Å²) in [4.78, 5) is 27.5. The van der Waals surface area contributed by atoms with Crippen molar-refractivity contribution in [1.29, 1.82) is 0 Å². The van der Waals surface area contributed by atoms with Gasteiger partial charge in [0.2, 0.25) is 5.91 Å². The van der Waals surface area contributed by atoms with Gasteiger partial charge in [-0.25, -0.2) is 0 Å². The van der Waals surface area contributed by atoms with Crippen LogP contribution in [0.25, 0.3) is 5.57 Å². The molecule has 1 amide bonds. The van der Waals surface area contributed by atoms with Crippen LogP contribution in [0, 0.1) is 17.8 Å². The van der Waals surface area contributed by atoms with Gasteiger partial charge in [-0.15, -0.1) is 0 Å². The zero-order chi connectivity index (χ0) is 21.0. The lowest BCUT2D eigenvalue weighted by Gasteiger charge is -2.47. The number of anilines is 1. The number of nitrogens with one attached hydrogen (secondary N) is 1. The molecular weight excluding hydrogens is 364 g/mol. The molecule has 1 saturated heterocycles. The van der Waals surface area contributed by atoms with Gasteiger partial charge in [0.25, 0.3) is 0 Å². The molecule has 1 N–H and O–H groups in total. The highest BCUT2D eigenvalue weighted by molar-refractivity contribution is 5.83. The van der Waals surface area contributed by atoms with Crippen LogP contribution < -0.4 is 5.32 Å². The third-order valence-electron chi connectivity index (χ3n) is 6.82. The number of ether oxygens (including phenoxy) is 1. The normalized spacial score (nSPS) is 24.9. The van der Waals surface area contributed by atoms with Crippen LogP contribution in [0.2, 0.25) is 0 Å². The molecule has 0 radical (unpaired) electrons. The molecule has 1 aliphatic carbocycles. The molecule has 2 fully saturated rings. The third-order valence-corrected chi connectivity index (χ3v) is 6.82. The second-order valence-corrected chi connectivity index (χ2v) is 8.45. The van der Waals surface area contributed by atoms with Gasteiger partial charge < -0.3 is 15.0 Å². The topological polar surface area (TPSA) is 58.6 Å². The Balaban J connectivity index is 1.70. The Labute approximate surface area is 174 Å². The number of carbonyl (C=O) groups is 2. The van der Waals surface area contributed by atoms with Gasteiger partial charge in [-0.2, -0.15) is 0 Å². The van der Waals surface area contributed by atoms with E-state index in [-0.39, 0.29) is 35.7 Å². The van der Waals surface area contributed by atoms with E-state index in [1.165, 1.54) is 7.11 Å². The number of hydrogen-bond donors (Lipinski definition) is 1. The second kappa shape index (κ2) is 9.47. The first kappa shape index (κ1) is 21.4. The molecule has 1 aromatic carbocycles. The van der Waals surface area contributed by atoms with Crippen molar-refractivity contribution >= 4 is 23.1 Å². The fourth-order valence-corrected chi connectivity index (χ4v) is 5.16. The lowest BCUT2D eigenvalue weighted by atomic mass is 9.71. The Morgan fingerprint density at radius 2 is 1.97 bits per heavy atom. The van der Waals surface area contributed by atoms with Crippen molar-refractivity contribution in [3.63, 3.8) is 0 Å². The van der Waals surface area contributed by atoms with Crippen LogP contribution in [0.4, 0.5) is 5.69 Å². The van der Waals surface area contributed by atoms with Crippen LogP contribution in [0.5, 0.6) is 0 Å². The molecule has 5 nitrogen and oxygen atoms in total. The Kier molecular flexibility index (Phi) is 6.99. The predicted molar refractivity (Wildman–Crippen MR) is 116 cm³/mol. The zero-order valence-electron chi connectivity index (χ0n) is 17.9. The van der Waals surface area contributed by atoms with Gasteiger partial charge in [0.05, 0.1) is 13.0 Å². The lowest BCUT2D eigenvalue weighted by molar-refractivity contribution is -0.156. The summed E-state index contributed by atoms with van der Waals surface area (Å²) >= 11 is 0. The molecule has 2 aliphatic rings. The van der Waals surface area contributed by atoms with Crippen LogP contribution in [0.15, 0.2) is 30.8 Å². The summed E-state index contributed by atoms with van der Waals surface area (Å²) in [6.07, 6.45) is 5.40. The minimum atomic E-state index is -0.112. The molecule has 4 atom stereocenters. The van der Waals surface area contributed by atoms with E-state index in [0.717, 1.165) is 42.5 Å². The summed E-state index contributed by atoms with van der Waals surface area (Å²) in [6, 6.07) is 8.24. The number of para-hydroxylation sites is 1. The van der Waals surface area contributed by atoms with Crippen molar-refractivity contribution in [3.05, 3.63) is 36.4 Å². The smallest absolute Gasteiger partial charge is 0.309 e. The van der Waals surface area contributed by atoms with Crippen molar-refractivity contribution in [1.82, 2.24) is 4.90 Å². The van der Waals surface area contributed by atoms with Crippen molar-refractivity contribution in [2.45, 2.75) is 51.5 Å². The Bertz CT molecular complexity index is 760. The Morgan fingerprint density at radius 1 is 1.24 bits per heavy atom. The SMILES string of the molecule is C=C(c1ccccc1NC)C(C)CC(=O)N1CCC(C(=O)OC)C2CCCCC21. The van der Waals surface area contributed by atoms with Crippen molar-refractivity contribution in [3.8, 4) is 0 Å². The van der Waals surface area contributed by atoms with Crippen molar-refractivity contribution < 1.29 is 14.3 Å². The number of hydrogen-bond acceptors (Lipinski definition) is 4. The number of fused-ring (bicyclic) bond motifs is 1. The van der Waals surface area contributed by atoms with E-state index in [0.29, 0.717) is 19.4 Å². The number of esters is 1. The van der Waals surface area contributed by atoms with E-state index in [1.807, 2.05) is 31.3 Å². The summed E-state index contributed by atoms with van der Waals surface area (Å²) in [5.41, 5.74) is 3.08. The van der Waals surface area contributed by atoms with E-state index in [1.54, 1.807) is 0 Å². The molecule has 29 heavy (non-hydrogen) atoms. The first-order chi connectivity index (χ1) is 14.0. The summed E-state index contributed by atoms with van der Waals surface area (Å²) in [5, 5.41) is 3.21. The summed E-state index contributed by atoms with van der Waals surface area (Å²) in [7, 11) is 3.37. The number of benzene rings is 1. The van der Waals surface area contributed by atoms with Crippen molar-refractivity contribution in [2.24, 2.45) is 17.8 Å². The van der Waals surface area contributed by atoms with Crippen LogP contribution in [-0.2, 0) is 14.3 Å². The summed E-state index contributed by atoms with van der Waals surface area (Å²) < 4.78 is 5.04. The van der Waals surface area contributed by atoms with E-state index in [9.17, 15) is 9.59 Å². The largest absolute Gasteiger partial charge is 0.469 e. The van der Waals surface area contributed by atoms with E-state index < -0.39 is 0 Å². The van der Waals surface area contributed by atoms with Gasteiger partial charge in [0.1, 0.15) is 0 Å². The van der Waals surface area contributed by atoms with Crippen molar-refractivity contribution in [2.75, 3.05) is 26.0 Å². The summed E-state index contributed by atoms with van der Waals surface area (Å²) in [5.74, 6) is 0.291. The van der Waals surface area contributed by atoms with Crippen LogP contribution in [0.1, 0.15) is 51.0 Å². The van der Waals surface area contributed by atoms with E-state index in [2.05, 4.69) is 23.7 Å². The first-order valence-electron chi connectivity index (χ1n) is 10.8. The van der Waals surface area contributed by atoms with E-state index >= 15 is 0 Å². The minimum Gasteiger partial charge on any atom is -0.469 e. The van der Waals surface area contributed by atoms with Gasteiger partial charge in [-0.3, -0.25) is 9.59 Å². The predicted octanol–water partition coefficient (Wildman–Crippen LogP) is 4.35. The first-order valence-corrected chi connectivity index (χ1v) is 10.8. The van der Waals surface area contributed by atoms with Gasteiger partial charge in [0, 0.05) is 37.3 Å². The quantitative estimate of drug-likeness (QED) is 0.724. The number of rotatable bonds is 6. The standard InChI is InChI=1S/C24H34N2O3/c1-16(17(2)18-9-5-7-11-21(18)25-3)15-23(27)26-14-13-20(24(28)29-4)19-10-6-8-12-22(19)26/h5,7,9,11,16,19-20,22,25H,2,6,8,10,12-15H2,1,3-4H3. The van der Waals surface area contributed by atoms with Gasteiger partial charge in [-0.1, -0.05) is 44.5 Å². The highest BCUT2D eigenvalue weighted by Gasteiger charge is 2.44. The molecule has 1 aliphatic heterocycles. The number of methoxy groups -OCH3 is 1. The number of likely N-dealkylation sites (tertiary alicyclic amines) is 1. The van der Waals surface area contributed by atoms with Crippen LogP contribution in [-0.4, -0.2) is 43.5 Å². The summed E-state index contributed by atoms with van der Waals surface area (Å²) in [6.45, 7) is 7.01. The molecule has 4 unspecified atom stereocenters. The number of piperidine rings is 1. The molecule has 1 heterocycles. The molecule has 5 heteroatoms. The zero-order valence-corrected chi connectivity index (χ0v) is 17.9. The molecule has 1 aromatic rings. The molecular formula is C24H34N2O3. The average molecular weight is 399 g/mol. The maximum Gasteiger partial charge on any atom is 0.309 e. The van der Waals surface area contributed by atoms with Gasteiger partial charge in [-0.05, 0) is 42.7 Å². The molecule has 158 valence electrons. The number of nitrogens with zero attached hydrogens (tertiary/aromatic N) is 1. The fourth-order valence-electron chi connectivity index (χ4n) is 5.16. The highest BCUT2D eigenvalue weighted by Crippen LogP contribution is 2.40. The Hall–Kier alpha value is -2.30. The minimum absolute atomic E-state index is 0.0531. The molecule has 0 aromatic heterocycles. The number of carbonyl (C=O) groups excluding carboxylic acids is 2. The molecule has 1 saturated carbocycles. The maximum absolute atomic E-state index is 13.3. The lowest BCUT2D eigenvalue weighted by Crippen LogP contribution is -2.54. The van der Waals surface area contributed by atoms with E-state index in [4.69, 9.17) is 4.74 Å².